The fourth-order valence-corrected chi connectivity index (χ4v) is 2.77. The van der Waals surface area contributed by atoms with Crippen LogP contribution in [0.2, 0.25) is 0 Å². The molecule has 0 radical (unpaired) electrons. The van der Waals surface area contributed by atoms with Crippen molar-refractivity contribution in [2.24, 2.45) is 0 Å². The van der Waals surface area contributed by atoms with Crippen molar-refractivity contribution in [2.75, 3.05) is 14.2 Å². The standard InChI is InChI=1S/C16H18INO2/c1-18-10-13-8-14(17)16(15(9-13)19-2)20-11-12-6-4-3-5-7-12/h3-9,18H,10-11H2,1-2H3. The predicted octanol–water partition coefficient (Wildman–Crippen LogP) is 3.60. The Morgan fingerprint density at radius 1 is 1.10 bits per heavy atom. The van der Waals surface area contributed by atoms with Crippen LogP contribution in [0.5, 0.6) is 11.5 Å². The molecule has 0 aliphatic heterocycles. The van der Waals surface area contributed by atoms with E-state index in [0.717, 1.165) is 27.2 Å². The molecule has 0 aromatic heterocycles. The van der Waals surface area contributed by atoms with Crippen molar-refractivity contribution in [3.63, 3.8) is 0 Å². The zero-order valence-electron chi connectivity index (χ0n) is 11.7. The summed E-state index contributed by atoms with van der Waals surface area (Å²) in [6, 6.07) is 14.2. The smallest absolute Gasteiger partial charge is 0.174 e. The van der Waals surface area contributed by atoms with E-state index < -0.39 is 0 Å². The molecule has 20 heavy (non-hydrogen) atoms. The van der Waals surface area contributed by atoms with Crippen LogP contribution < -0.4 is 14.8 Å². The van der Waals surface area contributed by atoms with Crippen LogP contribution in [-0.4, -0.2) is 14.2 Å². The molecule has 0 aliphatic rings. The molecule has 0 spiro atoms. The van der Waals surface area contributed by atoms with Gasteiger partial charge in [-0.2, -0.15) is 0 Å². The van der Waals surface area contributed by atoms with Gasteiger partial charge in [-0.3, -0.25) is 0 Å². The van der Waals surface area contributed by atoms with Gasteiger partial charge in [-0.15, -0.1) is 0 Å². The third kappa shape index (κ3) is 3.86. The molecule has 0 aliphatic carbocycles. The fraction of sp³-hybridized carbons (Fsp3) is 0.250. The molecule has 3 nitrogen and oxygen atoms in total. The molecule has 0 saturated heterocycles. The summed E-state index contributed by atoms with van der Waals surface area (Å²) in [5.74, 6) is 1.58. The van der Waals surface area contributed by atoms with Gasteiger partial charge in [0.05, 0.1) is 10.7 Å². The van der Waals surface area contributed by atoms with Gasteiger partial charge < -0.3 is 14.8 Å². The van der Waals surface area contributed by atoms with Gasteiger partial charge in [0.1, 0.15) is 6.61 Å². The predicted molar refractivity (Wildman–Crippen MR) is 89.2 cm³/mol. The summed E-state index contributed by atoms with van der Waals surface area (Å²) in [5, 5.41) is 3.14. The lowest BCUT2D eigenvalue weighted by atomic mass is 10.2. The molecule has 1 N–H and O–H groups in total. The van der Waals surface area contributed by atoms with Crippen LogP contribution in [0.3, 0.4) is 0 Å². The maximum Gasteiger partial charge on any atom is 0.174 e. The summed E-state index contributed by atoms with van der Waals surface area (Å²) in [4.78, 5) is 0. The van der Waals surface area contributed by atoms with Gasteiger partial charge in [0, 0.05) is 6.54 Å². The summed E-state index contributed by atoms with van der Waals surface area (Å²) < 4.78 is 12.4. The minimum atomic E-state index is 0.540. The molecular weight excluding hydrogens is 365 g/mol. The lowest BCUT2D eigenvalue weighted by Crippen LogP contribution is -2.06. The third-order valence-electron chi connectivity index (χ3n) is 2.90. The highest BCUT2D eigenvalue weighted by Crippen LogP contribution is 2.34. The summed E-state index contributed by atoms with van der Waals surface area (Å²) in [7, 11) is 3.60. The van der Waals surface area contributed by atoms with Gasteiger partial charge in [-0.05, 0) is 52.9 Å². The third-order valence-corrected chi connectivity index (χ3v) is 3.70. The van der Waals surface area contributed by atoms with Crippen LogP contribution in [0.1, 0.15) is 11.1 Å². The molecule has 0 atom stereocenters. The van der Waals surface area contributed by atoms with E-state index in [1.54, 1.807) is 7.11 Å². The number of nitrogens with one attached hydrogen (secondary N) is 1. The average molecular weight is 383 g/mol. The average Bonchev–Trinajstić information content (AvgIpc) is 2.47. The van der Waals surface area contributed by atoms with Crippen molar-refractivity contribution in [2.45, 2.75) is 13.2 Å². The maximum absolute atomic E-state index is 5.93. The highest BCUT2D eigenvalue weighted by molar-refractivity contribution is 14.1. The first-order valence-corrected chi connectivity index (χ1v) is 7.50. The quantitative estimate of drug-likeness (QED) is 0.774. The van der Waals surface area contributed by atoms with Gasteiger partial charge in [0.25, 0.3) is 0 Å². The first-order chi connectivity index (χ1) is 9.74. The Bertz CT molecular complexity index is 558. The van der Waals surface area contributed by atoms with Crippen LogP contribution in [0.4, 0.5) is 0 Å². The van der Waals surface area contributed by atoms with Gasteiger partial charge >= 0.3 is 0 Å². The Labute approximate surface area is 133 Å². The molecule has 0 heterocycles. The normalized spacial score (nSPS) is 10.3. The molecule has 0 fully saturated rings. The lowest BCUT2D eigenvalue weighted by Gasteiger charge is -2.14. The Balaban J connectivity index is 2.18. The molecule has 2 aromatic carbocycles. The van der Waals surface area contributed by atoms with Crippen molar-refractivity contribution >= 4 is 22.6 Å². The Kier molecular flexibility index (Phi) is 5.67. The second-order valence-corrected chi connectivity index (χ2v) is 5.58. The number of halogens is 1. The number of benzene rings is 2. The summed E-state index contributed by atoms with van der Waals surface area (Å²) in [6.07, 6.45) is 0. The minimum absolute atomic E-state index is 0.540. The molecule has 106 valence electrons. The zero-order valence-corrected chi connectivity index (χ0v) is 13.8. The highest BCUT2D eigenvalue weighted by atomic mass is 127. The number of hydrogen-bond acceptors (Lipinski definition) is 3. The summed E-state index contributed by atoms with van der Waals surface area (Å²) >= 11 is 2.28. The van der Waals surface area contributed by atoms with Crippen molar-refractivity contribution in [3.05, 3.63) is 57.2 Å². The first-order valence-electron chi connectivity index (χ1n) is 6.42. The second kappa shape index (κ2) is 7.50. The van der Waals surface area contributed by atoms with Gasteiger partial charge in [0.15, 0.2) is 11.5 Å². The van der Waals surface area contributed by atoms with E-state index in [1.165, 1.54) is 5.56 Å². The summed E-state index contributed by atoms with van der Waals surface area (Å²) in [5.41, 5.74) is 2.32. The molecule has 0 bridgehead atoms. The van der Waals surface area contributed by atoms with Crippen LogP contribution in [0, 0.1) is 3.57 Å². The second-order valence-electron chi connectivity index (χ2n) is 4.41. The van der Waals surface area contributed by atoms with Crippen molar-refractivity contribution < 1.29 is 9.47 Å². The molecule has 2 rings (SSSR count). The van der Waals surface area contributed by atoms with Crippen molar-refractivity contribution in [3.8, 4) is 11.5 Å². The van der Waals surface area contributed by atoms with Gasteiger partial charge in [-0.1, -0.05) is 30.3 Å². The lowest BCUT2D eigenvalue weighted by molar-refractivity contribution is 0.282. The molecule has 0 saturated carbocycles. The number of methoxy groups -OCH3 is 1. The van der Waals surface area contributed by atoms with Crippen LogP contribution in [0.15, 0.2) is 42.5 Å². The van der Waals surface area contributed by atoms with E-state index >= 15 is 0 Å². The summed E-state index contributed by atoms with van der Waals surface area (Å²) in [6.45, 7) is 1.35. The topological polar surface area (TPSA) is 30.5 Å². The van der Waals surface area contributed by atoms with Crippen molar-refractivity contribution in [1.29, 1.82) is 0 Å². The number of rotatable bonds is 6. The highest BCUT2D eigenvalue weighted by Gasteiger charge is 2.11. The van der Waals surface area contributed by atoms with Gasteiger partial charge in [-0.25, -0.2) is 0 Å². The van der Waals surface area contributed by atoms with Crippen LogP contribution in [-0.2, 0) is 13.2 Å². The fourth-order valence-electron chi connectivity index (χ4n) is 1.95. The molecule has 4 heteroatoms. The van der Waals surface area contributed by atoms with E-state index in [1.807, 2.05) is 31.3 Å². The molecule has 0 unspecified atom stereocenters. The Morgan fingerprint density at radius 3 is 2.50 bits per heavy atom. The Hall–Kier alpha value is -1.27. The van der Waals surface area contributed by atoms with E-state index in [0.29, 0.717) is 6.61 Å². The Morgan fingerprint density at radius 2 is 1.85 bits per heavy atom. The van der Waals surface area contributed by atoms with Crippen molar-refractivity contribution in [1.82, 2.24) is 5.32 Å². The van der Waals surface area contributed by atoms with E-state index in [4.69, 9.17) is 9.47 Å². The zero-order chi connectivity index (χ0) is 14.4. The number of ether oxygens (including phenoxy) is 2. The largest absolute Gasteiger partial charge is 0.493 e. The van der Waals surface area contributed by atoms with Crippen LogP contribution >= 0.6 is 22.6 Å². The molecular formula is C16H18INO2. The van der Waals surface area contributed by atoms with Crippen LogP contribution in [0.25, 0.3) is 0 Å². The van der Waals surface area contributed by atoms with E-state index in [9.17, 15) is 0 Å². The van der Waals surface area contributed by atoms with Gasteiger partial charge in [0.2, 0.25) is 0 Å². The molecule has 0 amide bonds. The van der Waals surface area contributed by atoms with E-state index in [-0.39, 0.29) is 0 Å². The monoisotopic (exact) mass is 383 g/mol. The minimum Gasteiger partial charge on any atom is -0.493 e. The molecule has 2 aromatic rings. The number of hydrogen-bond donors (Lipinski definition) is 1. The first kappa shape index (κ1) is 15.1. The SMILES string of the molecule is CNCc1cc(I)c(OCc2ccccc2)c(OC)c1. The van der Waals surface area contributed by atoms with E-state index in [2.05, 4.69) is 46.1 Å². The maximum atomic E-state index is 5.93.